The normalized spacial score (nSPS) is 19.2. The fourth-order valence-corrected chi connectivity index (χ4v) is 4.17. The van der Waals surface area contributed by atoms with E-state index in [2.05, 4.69) is 15.0 Å². The number of rotatable bonds is 5. The minimum Gasteiger partial charge on any atom is -0.434 e. The number of sulfone groups is 1. The molecule has 0 unspecified atom stereocenters. The molecule has 0 aromatic heterocycles. The molecule has 6 nitrogen and oxygen atoms in total. The van der Waals surface area contributed by atoms with Crippen molar-refractivity contribution in [2.24, 2.45) is 4.99 Å². The van der Waals surface area contributed by atoms with Gasteiger partial charge in [0, 0.05) is 19.6 Å². The van der Waals surface area contributed by atoms with Gasteiger partial charge in [-0.2, -0.15) is 8.78 Å². The number of nitrogens with one attached hydrogen (secondary N) is 1. The zero-order valence-corrected chi connectivity index (χ0v) is 16.3. The van der Waals surface area contributed by atoms with Gasteiger partial charge < -0.3 is 15.0 Å². The maximum absolute atomic E-state index is 14.1. The van der Waals surface area contributed by atoms with Crippen molar-refractivity contribution in [2.75, 3.05) is 25.4 Å². The van der Waals surface area contributed by atoms with E-state index in [0.29, 0.717) is 12.5 Å². The quantitative estimate of drug-likeness (QED) is 0.600. The van der Waals surface area contributed by atoms with Gasteiger partial charge in [-0.1, -0.05) is 6.07 Å². The number of alkyl halides is 2. The van der Waals surface area contributed by atoms with Gasteiger partial charge in [-0.25, -0.2) is 17.8 Å². The summed E-state index contributed by atoms with van der Waals surface area (Å²) in [5.41, 5.74) is -0.0860. The summed E-state index contributed by atoms with van der Waals surface area (Å²) in [6, 6.07) is 3.68. The summed E-state index contributed by atoms with van der Waals surface area (Å²) in [5.74, 6) is -0.601. The van der Waals surface area contributed by atoms with Crippen molar-refractivity contribution in [3.8, 4) is 5.75 Å². The van der Waals surface area contributed by atoms with Crippen LogP contribution >= 0.6 is 0 Å². The zero-order valence-electron chi connectivity index (χ0n) is 15.5. The van der Waals surface area contributed by atoms with Crippen molar-refractivity contribution in [3.63, 3.8) is 0 Å². The highest BCUT2D eigenvalue weighted by atomic mass is 32.2. The highest BCUT2D eigenvalue weighted by Crippen LogP contribution is 2.26. The third-order valence-electron chi connectivity index (χ3n) is 4.36. The summed E-state index contributed by atoms with van der Waals surface area (Å²) >= 11 is 0. The van der Waals surface area contributed by atoms with Crippen molar-refractivity contribution in [1.82, 2.24) is 10.2 Å². The highest BCUT2D eigenvalue weighted by molar-refractivity contribution is 7.92. The lowest BCUT2D eigenvalue weighted by Crippen LogP contribution is -2.57. The van der Waals surface area contributed by atoms with Gasteiger partial charge in [-0.15, -0.1) is 0 Å². The van der Waals surface area contributed by atoms with Gasteiger partial charge in [0.1, 0.15) is 11.6 Å². The number of ether oxygens (including phenoxy) is 1. The minimum atomic E-state index is -3.22. The second-order valence-electron chi connectivity index (χ2n) is 6.77. The molecule has 1 aliphatic rings. The van der Waals surface area contributed by atoms with Crippen LogP contribution in [-0.2, 0) is 16.4 Å². The Bertz CT molecular complexity index is 798. The Morgan fingerprint density at radius 3 is 2.70 bits per heavy atom. The van der Waals surface area contributed by atoms with Gasteiger partial charge in [0.15, 0.2) is 15.8 Å². The van der Waals surface area contributed by atoms with E-state index in [9.17, 15) is 21.6 Å². The molecule has 0 radical (unpaired) electrons. The average molecular weight is 407 g/mol. The first-order valence-electron chi connectivity index (χ1n) is 8.55. The smallest absolute Gasteiger partial charge is 0.387 e. The van der Waals surface area contributed by atoms with Gasteiger partial charge in [0.2, 0.25) is 0 Å². The number of nitrogens with zero attached hydrogens (tertiary/aromatic N) is 2. The first-order chi connectivity index (χ1) is 12.6. The van der Waals surface area contributed by atoms with E-state index < -0.39 is 27.0 Å². The summed E-state index contributed by atoms with van der Waals surface area (Å²) in [5, 5.41) is 3.04. The lowest BCUT2D eigenvalue weighted by molar-refractivity contribution is -0.0506. The van der Waals surface area contributed by atoms with E-state index in [1.165, 1.54) is 12.1 Å². The number of guanidine groups is 1. The Morgan fingerprint density at radius 1 is 1.41 bits per heavy atom. The van der Waals surface area contributed by atoms with Crippen LogP contribution in [0.15, 0.2) is 23.2 Å². The number of benzene rings is 1. The van der Waals surface area contributed by atoms with Crippen LogP contribution in [0.25, 0.3) is 0 Å². The van der Waals surface area contributed by atoms with Crippen molar-refractivity contribution >= 4 is 15.8 Å². The summed E-state index contributed by atoms with van der Waals surface area (Å²) in [6.45, 7) is 2.81. The molecule has 1 aliphatic heterocycles. The second-order valence-corrected chi connectivity index (χ2v) is 9.51. The number of hydrogen-bond donors (Lipinski definition) is 1. The van der Waals surface area contributed by atoms with Gasteiger partial charge in [0.05, 0.1) is 22.6 Å². The predicted molar refractivity (Wildman–Crippen MR) is 97.3 cm³/mol. The van der Waals surface area contributed by atoms with Crippen LogP contribution in [0.1, 0.15) is 26.3 Å². The molecule has 1 aromatic rings. The first kappa shape index (κ1) is 21.3. The van der Waals surface area contributed by atoms with Crippen molar-refractivity contribution in [3.05, 3.63) is 29.6 Å². The van der Waals surface area contributed by atoms with Crippen LogP contribution in [-0.4, -0.2) is 56.0 Å². The van der Waals surface area contributed by atoms with E-state index in [1.807, 2.05) is 6.92 Å². The van der Waals surface area contributed by atoms with E-state index >= 15 is 0 Å². The van der Waals surface area contributed by atoms with Crippen LogP contribution in [0.5, 0.6) is 5.75 Å². The molecule has 0 spiro atoms. The van der Waals surface area contributed by atoms with Crippen LogP contribution in [0.3, 0.4) is 0 Å². The standard InChI is InChI=1S/C17H24F3N3O3S/c1-4-21-16(23-8-9-27(24,25)17(2,3)11-23)22-10-12-13(18)6-5-7-14(12)26-15(19)20/h5-7,15H,4,8-11H2,1-3H3,(H,21,22). The monoisotopic (exact) mass is 407 g/mol. The molecular weight excluding hydrogens is 383 g/mol. The molecule has 10 heteroatoms. The molecule has 0 aliphatic carbocycles. The van der Waals surface area contributed by atoms with Crippen molar-refractivity contribution in [2.45, 2.75) is 38.7 Å². The minimum absolute atomic E-state index is 0.0240. The number of aliphatic imine (C=N–C) groups is 1. The third-order valence-corrected chi connectivity index (χ3v) is 6.89. The molecular formula is C17H24F3N3O3S. The number of hydrogen-bond acceptors (Lipinski definition) is 4. The van der Waals surface area contributed by atoms with Gasteiger partial charge in [-0.3, -0.25) is 0 Å². The molecule has 1 fully saturated rings. The fourth-order valence-electron chi connectivity index (χ4n) is 2.80. The van der Waals surface area contributed by atoms with Gasteiger partial charge >= 0.3 is 6.61 Å². The lowest BCUT2D eigenvalue weighted by Gasteiger charge is -2.39. The molecule has 1 aromatic carbocycles. The fraction of sp³-hybridized carbons (Fsp3) is 0.588. The SMILES string of the molecule is CCNC(=NCc1c(F)cccc1OC(F)F)N1CCS(=O)(=O)C(C)(C)C1. The molecule has 0 atom stereocenters. The predicted octanol–water partition coefficient (Wildman–Crippen LogP) is 2.40. The van der Waals surface area contributed by atoms with Crippen LogP contribution in [0.2, 0.25) is 0 Å². The topological polar surface area (TPSA) is 71.0 Å². The summed E-state index contributed by atoms with van der Waals surface area (Å²) in [6.07, 6.45) is 0. The van der Waals surface area contributed by atoms with E-state index in [-0.39, 0.29) is 36.7 Å². The van der Waals surface area contributed by atoms with Crippen molar-refractivity contribution in [1.29, 1.82) is 0 Å². The third kappa shape index (κ3) is 5.06. The molecule has 27 heavy (non-hydrogen) atoms. The summed E-state index contributed by atoms with van der Waals surface area (Å²) < 4.78 is 66.9. The van der Waals surface area contributed by atoms with Gasteiger partial charge in [0.25, 0.3) is 0 Å². The molecule has 0 bridgehead atoms. The molecule has 1 heterocycles. The Kier molecular flexibility index (Phi) is 6.61. The summed E-state index contributed by atoms with van der Waals surface area (Å²) in [7, 11) is -3.22. The molecule has 0 amide bonds. The maximum Gasteiger partial charge on any atom is 0.387 e. The Labute approximate surface area is 157 Å². The van der Waals surface area contributed by atoms with E-state index in [1.54, 1.807) is 18.7 Å². The van der Waals surface area contributed by atoms with E-state index in [4.69, 9.17) is 0 Å². The molecule has 0 saturated carbocycles. The maximum atomic E-state index is 14.1. The largest absolute Gasteiger partial charge is 0.434 e. The van der Waals surface area contributed by atoms with Crippen LogP contribution in [0, 0.1) is 5.82 Å². The molecule has 152 valence electrons. The Hall–Kier alpha value is -1.97. The van der Waals surface area contributed by atoms with Gasteiger partial charge in [-0.05, 0) is 32.9 Å². The first-order valence-corrected chi connectivity index (χ1v) is 10.2. The molecule has 2 rings (SSSR count). The molecule has 1 saturated heterocycles. The van der Waals surface area contributed by atoms with Crippen LogP contribution < -0.4 is 10.1 Å². The molecule has 1 N–H and O–H groups in total. The lowest BCUT2D eigenvalue weighted by atomic mass is 10.2. The average Bonchev–Trinajstić information content (AvgIpc) is 2.55. The van der Waals surface area contributed by atoms with Crippen molar-refractivity contribution < 1.29 is 26.3 Å². The summed E-state index contributed by atoms with van der Waals surface area (Å²) in [4.78, 5) is 6.10. The highest BCUT2D eigenvalue weighted by Gasteiger charge is 2.41. The second kappa shape index (κ2) is 8.37. The van der Waals surface area contributed by atoms with Crippen LogP contribution in [0.4, 0.5) is 13.2 Å². The number of halogens is 3. The Balaban J connectivity index is 2.27. The van der Waals surface area contributed by atoms with E-state index in [0.717, 1.165) is 6.07 Å². The zero-order chi connectivity index (χ0) is 20.2. The Morgan fingerprint density at radius 2 is 2.11 bits per heavy atom.